The van der Waals surface area contributed by atoms with Gasteiger partial charge in [0.05, 0.1) is 25.5 Å². The van der Waals surface area contributed by atoms with E-state index in [2.05, 4.69) is 15.3 Å². The van der Waals surface area contributed by atoms with E-state index in [1.54, 1.807) is 51.6 Å². The molecule has 1 heterocycles. The molecule has 26 heavy (non-hydrogen) atoms. The summed E-state index contributed by atoms with van der Waals surface area (Å²) in [6.45, 7) is 1.79. The number of nitrogens with one attached hydrogen (secondary N) is 1. The Balaban J connectivity index is 1.78. The lowest BCUT2D eigenvalue weighted by atomic mass is 10.1. The van der Waals surface area contributed by atoms with E-state index in [0.29, 0.717) is 22.8 Å². The van der Waals surface area contributed by atoms with Crippen LogP contribution in [0.1, 0.15) is 16.1 Å². The van der Waals surface area contributed by atoms with Gasteiger partial charge in [-0.3, -0.25) is 4.79 Å². The van der Waals surface area contributed by atoms with Gasteiger partial charge in [-0.15, -0.1) is 0 Å². The van der Waals surface area contributed by atoms with Crippen molar-refractivity contribution in [2.75, 3.05) is 19.5 Å². The van der Waals surface area contributed by atoms with Crippen molar-refractivity contribution >= 4 is 11.6 Å². The fraction of sp³-hybridized carbons (Fsp3) is 0.150. The van der Waals surface area contributed by atoms with Gasteiger partial charge >= 0.3 is 0 Å². The fourth-order valence-electron chi connectivity index (χ4n) is 2.44. The largest absolute Gasteiger partial charge is 0.497 e. The monoisotopic (exact) mass is 349 g/mol. The van der Waals surface area contributed by atoms with E-state index in [-0.39, 0.29) is 5.91 Å². The predicted molar refractivity (Wildman–Crippen MR) is 99.7 cm³/mol. The van der Waals surface area contributed by atoms with Crippen molar-refractivity contribution in [2.24, 2.45) is 0 Å². The zero-order chi connectivity index (χ0) is 18.5. The topological polar surface area (TPSA) is 73.3 Å². The minimum Gasteiger partial charge on any atom is -0.497 e. The normalized spacial score (nSPS) is 10.3. The molecular weight excluding hydrogens is 330 g/mol. The second-order valence-corrected chi connectivity index (χ2v) is 5.60. The summed E-state index contributed by atoms with van der Waals surface area (Å²) in [5.41, 5.74) is 2.57. The second-order valence-electron chi connectivity index (χ2n) is 5.60. The molecule has 1 aromatic heterocycles. The van der Waals surface area contributed by atoms with Gasteiger partial charge in [-0.25, -0.2) is 9.97 Å². The highest BCUT2D eigenvalue weighted by Gasteiger charge is 2.13. The number of anilines is 1. The van der Waals surface area contributed by atoms with Crippen molar-refractivity contribution in [3.8, 4) is 22.9 Å². The average molecular weight is 349 g/mol. The number of ether oxygens (including phenoxy) is 2. The Kier molecular flexibility index (Phi) is 5.12. The summed E-state index contributed by atoms with van der Waals surface area (Å²) in [5.74, 6) is 1.80. The van der Waals surface area contributed by atoms with E-state index in [4.69, 9.17) is 9.47 Å². The number of carbonyl (C=O) groups is 1. The summed E-state index contributed by atoms with van der Waals surface area (Å²) in [6, 6.07) is 14.6. The first-order valence-corrected chi connectivity index (χ1v) is 8.04. The highest BCUT2D eigenvalue weighted by Crippen LogP contribution is 2.21. The molecule has 0 saturated heterocycles. The van der Waals surface area contributed by atoms with Gasteiger partial charge in [-0.05, 0) is 55.5 Å². The summed E-state index contributed by atoms with van der Waals surface area (Å²) >= 11 is 0. The van der Waals surface area contributed by atoms with Gasteiger partial charge in [-0.1, -0.05) is 0 Å². The maximum atomic E-state index is 12.5. The number of rotatable bonds is 5. The van der Waals surface area contributed by atoms with Crippen LogP contribution in [-0.4, -0.2) is 30.1 Å². The van der Waals surface area contributed by atoms with Gasteiger partial charge in [0.1, 0.15) is 11.5 Å². The maximum Gasteiger partial charge on any atom is 0.259 e. The molecule has 6 heteroatoms. The number of hydrogen-bond donors (Lipinski definition) is 1. The first-order chi connectivity index (χ1) is 12.6. The van der Waals surface area contributed by atoms with Crippen LogP contribution in [0.15, 0.2) is 54.7 Å². The molecule has 0 bridgehead atoms. The molecule has 3 rings (SSSR count). The Morgan fingerprint density at radius 1 is 0.923 bits per heavy atom. The van der Waals surface area contributed by atoms with Crippen LogP contribution < -0.4 is 14.8 Å². The molecule has 2 aromatic carbocycles. The van der Waals surface area contributed by atoms with Gasteiger partial charge < -0.3 is 14.8 Å². The molecule has 0 fully saturated rings. The molecule has 3 aromatic rings. The number of aryl methyl sites for hydroxylation is 1. The van der Waals surface area contributed by atoms with Crippen molar-refractivity contribution in [2.45, 2.75) is 6.92 Å². The van der Waals surface area contributed by atoms with Crippen molar-refractivity contribution in [3.05, 3.63) is 66.0 Å². The zero-order valence-corrected chi connectivity index (χ0v) is 14.8. The Bertz CT molecular complexity index is 907. The Hall–Kier alpha value is -3.41. The molecule has 1 N–H and O–H groups in total. The highest BCUT2D eigenvalue weighted by atomic mass is 16.5. The molecule has 0 aliphatic rings. The van der Waals surface area contributed by atoms with Crippen LogP contribution in [0.5, 0.6) is 11.5 Å². The van der Waals surface area contributed by atoms with Crippen LogP contribution in [0.2, 0.25) is 0 Å². The molecule has 6 nitrogen and oxygen atoms in total. The number of methoxy groups -OCH3 is 2. The quantitative estimate of drug-likeness (QED) is 0.760. The molecule has 0 radical (unpaired) electrons. The lowest BCUT2D eigenvalue weighted by Crippen LogP contribution is -2.15. The minimum atomic E-state index is -0.256. The zero-order valence-electron chi connectivity index (χ0n) is 14.8. The van der Waals surface area contributed by atoms with Crippen LogP contribution in [-0.2, 0) is 0 Å². The van der Waals surface area contributed by atoms with Gasteiger partial charge in [0.25, 0.3) is 5.91 Å². The van der Waals surface area contributed by atoms with E-state index in [1.165, 1.54) is 0 Å². The van der Waals surface area contributed by atoms with E-state index in [1.807, 2.05) is 24.3 Å². The molecule has 132 valence electrons. The van der Waals surface area contributed by atoms with Crippen molar-refractivity contribution < 1.29 is 14.3 Å². The van der Waals surface area contributed by atoms with Crippen LogP contribution in [0.3, 0.4) is 0 Å². The standard InChI is InChI=1S/C20H19N3O3/c1-13-18(20(24)23-15-6-10-17(26-3)11-7-15)12-21-19(22-13)14-4-8-16(25-2)9-5-14/h4-12H,1-3H3,(H,23,24). The van der Waals surface area contributed by atoms with Gasteiger partial charge in [0, 0.05) is 17.4 Å². The summed E-state index contributed by atoms with van der Waals surface area (Å²) in [7, 11) is 3.21. The number of hydrogen-bond acceptors (Lipinski definition) is 5. The second kappa shape index (κ2) is 7.65. The van der Waals surface area contributed by atoms with Crippen molar-refractivity contribution in [1.82, 2.24) is 9.97 Å². The molecular formula is C20H19N3O3. The molecule has 0 aliphatic heterocycles. The van der Waals surface area contributed by atoms with Gasteiger partial charge in [-0.2, -0.15) is 0 Å². The van der Waals surface area contributed by atoms with Crippen molar-refractivity contribution in [3.63, 3.8) is 0 Å². The number of aromatic nitrogens is 2. The van der Waals surface area contributed by atoms with Crippen LogP contribution >= 0.6 is 0 Å². The lowest BCUT2D eigenvalue weighted by Gasteiger charge is -2.09. The third-order valence-electron chi connectivity index (χ3n) is 3.92. The van der Waals surface area contributed by atoms with E-state index in [9.17, 15) is 4.79 Å². The van der Waals surface area contributed by atoms with E-state index >= 15 is 0 Å². The fourth-order valence-corrected chi connectivity index (χ4v) is 2.44. The first kappa shape index (κ1) is 17.4. The van der Waals surface area contributed by atoms with E-state index in [0.717, 1.165) is 17.1 Å². The molecule has 0 unspecified atom stereocenters. The van der Waals surface area contributed by atoms with Crippen LogP contribution in [0, 0.1) is 6.92 Å². The Morgan fingerprint density at radius 2 is 1.50 bits per heavy atom. The number of benzene rings is 2. The van der Waals surface area contributed by atoms with Gasteiger partial charge in [0.2, 0.25) is 0 Å². The third kappa shape index (κ3) is 3.80. The van der Waals surface area contributed by atoms with Crippen molar-refractivity contribution in [1.29, 1.82) is 0 Å². The average Bonchev–Trinajstić information content (AvgIpc) is 2.68. The molecule has 0 atom stereocenters. The number of amides is 1. The minimum absolute atomic E-state index is 0.256. The Morgan fingerprint density at radius 3 is 2.04 bits per heavy atom. The first-order valence-electron chi connectivity index (χ1n) is 8.04. The summed E-state index contributed by atoms with van der Waals surface area (Å²) in [6.07, 6.45) is 1.54. The SMILES string of the molecule is COc1ccc(NC(=O)c2cnc(-c3ccc(OC)cc3)nc2C)cc1. The third-order valence-corrected chi connectivity index (χ3v) is 3.92. The predicted octanol–water partition coefficient (Wildman–Crippen LogP) is 3.72. The summed E-state index contributed by atoms with van der Waals surface area (Å²) < 4.78 is 10.3. The molecule has 0 saturated carbocycles. The van der Waals surface area contributed by atoms with E-state index < -0.39 is 0 Å². The van der Waals surface area contributed by atoms with Gasteiger partial charge in [0.15, 0.2) is 5.82 Å². The highest BCUT2D eigenvalue weighted by molar-refractivity contribution is 6.04. The summed E-state index contributed by atoms with van der Waals surface area (Å²) in [4.78, 5) is 21.3. The van der Waals surface area contributed by atoms with Crippen LogP contribution in [0.4, 0.5) is 5.69 Å². The smallest absolute Gasteiger partial charge is 0.259 e. The molecule has 0 spiro atoms. The summed E-state index contributed by atoms with van der Waals surface area (Å²) in [5, 5.41) is 2.83. The van der Waals surface area contributed by atoms with Crippen LogP contribution in [0.25, 0.3) is 11.4 Å². The number of nitrogens with zero attached hydrogens (tertiary/aromatic N) is 2. The molecule has 0 aliphatic carbocycles. The Labute approximate surface area is 151 Å². The number of carbonyl (C=O) groups excluding carboxylic acids is 1. The molecule has 1 amide bonds. The maximum absolute atomic E-state index is 12.5. The lowest BCUT2D eigenvalue weighted by molar-refractivity contribution is 0.102.